The van der Waals surface area contributed by atoms with E-state index >= 15 is 0 Å². The van der Waals surface area contributed by atoms with Crippen molar-refractivity contribution in [2.45, 2.75) is 11.4 Å². The first-order chi connectivity index (χ1) is 14.7. The van der Waals surface area contributed by atoms with E-state index in [1.165, 1.54) is 39.4 Å². The molecule has 0 saturated carbocycles. The molecule has 4 aromatic rings. The van der Waals surface area contributed by atoms with Crippen molar-refractivity contribution in [1.29, 1.82) is 0 Å². The largest absolute Gasteiger partial charge is 0.508 e. The second kappa shape index (κ2) is 7.05. The summed E-state index contributed by atoms with van der Waals surface area (Å²) in [4.78, 5) is 17.9. The van der Waals surface area contributed by atoms with Crippen LogP contribution in [0.3, 0.4) is 0 Å². The molecule has 0 fully saturated rings. The molecule has 3 aromatic heterocycles. The maximum absolute atomic E-state index is 13.4. The van der Waals surface area contributed by atoms with Gasteiger partial charge in [0.25, 0.3) is 15.6 Å². The van der Waals surface area contributed by atoms with Crippen LogP contribution in [0.15, 0.2) is 49.9 Å². The van der Waals surface area contributed by atoms with Gasteiger partial charge in [0, 0.05) is 17.1 Å². The van der Waals surface area contributed by atoms with Crippen LogP contribution in [-0.2, 0) is 16.6 Å². The van der Waals surface area contributed by atoms with E-state index in [0.717, 1.165) is 6.07 Å². The van der Waals surface area contributed by atoms with Crippen LogP contribution >= 0.6 is 34.3 Å². The topological polar surface area (TPSA) is 134 Å². The molecule has 1 aromatic carbocycles. The number of fused-ring (bicyclic) bond motifs is 2. The number of phenolic OH excluding ortho intramolecular Hbond substituents is 1. The lowest BCUT2D eigenvalue weighted by Gasteiger charge is -2.20. The van der Waals surface area contributed by atoms with Gasteiger partial charge in [0.1, 0.15) is 16.2 Å². The quantitative estimate of drug-likeness (QED) is 0.372. The van der Waals surface area contributed by atoms with E-state index in [1.807, 2.05) is 0 Å². The van der Waals surface area contributed by atoms with Crippen molar-refractivity contribution in [2.24, 2.45) is 4.40 Å². The van der Waals surface area contributed by atoms with Gasteiger partial charge in [-0.1, -0.05) is 11.6 Å². The molecule has 0 aliphatic carbocycles. The van der Waals surface area contributed by atoms with Crippen molar-refractivity contribution < 1.29 is 18.6 Å². The average molecular weight is 495 g/mol. The molecule has 1 aliphatic heterocycles. The van der Waals surface area contributed by atoms with E-state index in [0.29, 0.717) is 19.6 Å². The summed E-state index contributed by atoms with van der Waals surface area (Å²) in [5, 5.41) is 25.0. The molecule has 3 N–H and O–H groups in total. The molecule has 0 bridgehead atoms. The summed E-state index contributed by atoms with van der Waals surface area (Å²) < 4.78 is 31.2. The lowest BCUT2D eigenvalue weighted by atomic mass is 10.2. The van der Waals surface area contributed by atoms with Crippen LogP contribution in [0.4, 0.5) is 5.69 Å². The number of rotatable bonds is 3. The van der Waals surface area contributed by atoms with E-state index in [-0.39, 0.29) is 40.0 Å². The van der Waals surface area contributed by atoms with Gasteiger partial charge in [-0.25, -0.2) is 4.98 Å². The van der Waals surface area contributed by atoms with Gasteiger partial charge in [0.2, 0.25) is 0 Å². The predicted molar refractivity (Wildman–Crippen MR) is 119 cm³/mol. The Balaban J connectivity index is 1.74. The summed E-state index contributed by atoms with van der Waals surface area (Å²) >= 11 is 8.32. The number of thiophene rings is 1. The monoisotopic (exact) mass is 494 g/mol. The molecule has 13 heteroatoms. The van der Waals surface area contributed by atoms with Crippen molar-refractivity contribution in [3.8, 4) is 11.5 Å². The number of benzene rings is 1. The first-order valence-electron chi connectivity index (χ1n) is 8.63. The summed E-state index contributed by atoms with van der Waals surface area (Å²) in [6.45, 7) is 0.133. The van der Waals surface area contributed by atoms with Gasteiger partial charge in [0.15, 0.2) is 16.1 Å². The molecule has 9 nitrogen and oxygen atoms in total. The number of phenols is 1. The molecule has 0 unspecified atom stereocenters. The van der Waals surface area contributed by atoms with Crippen molar-refractivity contribution >= 4 is 66.0 Å². The summed E-state index contributed by atoms with van der Waals surface area (Å²) in [7, 11) is -4.22. The Bertz CT molecular complexity index is 1570. The zero-order valence-electron chi connectivity index (χ0n) is 15.2. The Kier molecular flexibility index (Phi) is 4.55. The number of hydrogen-bond donors (Lipinski definition) is 3. The second-order valence-electron chi connectivity index (χ2n) is 6.55. The first-order valence-corrected chi connectivity index (χ1v) is 12.1. The smallest absolute Gasteiger partial charge is 0.286 e. The molecular weight excluding hydrogens is 484 g/mol. The number of pyridine rings is 1. The Morgan fingerprint density at radius 2 is 2.03 bits per heavy atom. The molecule has 158 valence electrons. The highest BCUT2D eigenvalue weighted by Gasteiger charge is 2.30. The van der Waals surface area contributed by atoms with E-state index < -0.39 is 15.6 Å². The van der Waals surface area contributed by atoms with E-state index in [2.05, 4.69) is 14.7 Å². The molecular formula is C18H11ClN4O5S3. The van der Waals surface area contributed by atoms with E-state index in [4.69, 9.17) is 11.6 Å². The highest BCUT2D eigenvalue weighted by atomic mass is 35.5. The number of nitrogens with zero attached hydrogens (tertiary/aromatic N) is 3. The minimum atomic E-state index is -4.22. The zero-order valence-corrected chi connectivity index (χ0v) is 18.4. The SMILES string of the molecule is O=c1c(C2=NS(=O)(=O)c3cc(O)ccc3N2)c(O)c2sccc2n1Cc1cnc(Cl)s1. The number of hydrogen-bond acceptors (Lipinski definition) is 9. The van der Waals surface area contributed by atoms with Gasteiger partial charge in [-0.2, -0.15) is 8.42 Å². The zero-order chi connectivity index (χ0) is 21.9. The lowest BCUT2D eigenvalue weighted by Crippen LogP contribution is -2.32. The van der Waals surface area contributed by atoms with Crippen molar-refractivity contribution in [1.82, 2.24) is 9.55 Å². The third-order valence-electron chi connectivity index (χ3n) is 4.63. The maximum atomic E-state index is 13.4. The molecule has 4 heterocycles. The minimum absolute atomic E-state index is 0.133. The number of aromatic nitrogens is 2. The molecule has 0 radical (unpaired) electrons. The number of sulfonamides is 1. The van der Waals surface area contributed by atoms with Crippen LogP contribution in [0.25, 0.3) is 10.2 Å². The number of thiazole rings is 1. The van der Waals surface area contributed by atoms with Crippen LogP contribution in [0.2, 0.25) is 4.47 Å². The molecule has 31 heavy (non-hydrogen) atoms. The molecule has 0 atom stereocenters. The lowest BCUT2D eigenvalue weighted by molar-refractivity contribution is 0.473. The Labute approximate surface area is 187 Å². The maximum Gasteiger partial charge on any atom is 0.286 e. The molecule has 0 amide bonds. The van der Waals surface area contributed by atoms with Gasteiger partial charge in [-0.05, 0) is 23.6 Å². The predicted octanol–water partition coefficient (Wildman–Crippen LogP) is 3.19. The number of nitrogens with one attached hydrogen (secondary N) is 1. The average Bonchev–Trinajstić information content (AvgIpc) is 3.35. The van der Waals surface area contributed by atoms with Gasteiger partial charge in [0.05, 0.1) is 22.4 Å². The number of amidine groups is 1. The molecule has 1 aliphatic rings. The third kappa shape index (κ3) is 3.28. The highest BCUT2D eigenvalue weighted by molar-refractivity contribution is 7.90. The summed E-state index contributed by atoms with van der Waals surface area (Å²) in [6, 6.07) is 5.42. The third-order valence-corrected chi connectivity index (χ3v) is 7.96. The Morgan fingerprint density at radius 1 is 1.23 bits per heavy atom. The number of halogens is 1. The van der Waals surface area contributed by atoms with Gasteiger partial charge in [-0.15, -0.1) is 27.1 Å². The second-order valence-corrected chi connectivity index (χ2v) is 10.7. The van der Waals surface area contributed by atoms with Gasteiger partial charge < -0.3 is 20.1 Å². The van der Waals surface area contributed by atoms with Gasteiger partial charge in [-0.3, -0.25) is 4.79 Å². The fraction of sp³-hybridized carbons (Fsp3) is 0.0556. The van der Waals surface area contributed by atoms with Crippen molar-refractivity contribution in [3.63, 3.8) is 0 Å². The van der Waals surface area contributed by atoms with E-state index in [9.17, 15) is 23.4 Å². The standard InChI is InChI=1S/C18H11ClN4O5S3/c19-18-20-6-9(30-18)7-23-11-3-4-29-15(11)14(25)13(17(23)26)16-21-10-2-1-8(24)5-12(10)31(27,28)22-16/h1-6,24-25H,7H2,(H,21,22). The fourth-order valence-corrected chi connectivity index (χ4v) is 6.24. The summed E-state index contributed by atoms with van der Waals surface area (Å²) in [5.41, 5.74) is -0.275. The normalized spacial score (nSPS) is 14.8. The molecule has 0 saturated heterocycles. The van der Waals surface area contributed by atoms with Crippen molar-refractivity contribution in [2.75, 3.05) is 5.32 Å². The van der Waals surface area contributed by atoms with Crippen molar-refractivity contribution in [3.05, 3.63) is 61.1 Å². The van der Waals surface area contributed by atoms with E-state index in [1.54, 1.807) is 17.6 Å². The number of anilines is 1. The highest BCUT2D eigenvalue weighted by Crippen LogP contribution is 2.36. The number of aromatic hydroxyl groups is 2. The van der Waals surface area contributed by atoms with Crippen LogP contribution < -0.4 is 10.9 Å². The first kappa shape index (κ1) is 20.0. The fourth-order valence-electron chi connectivity index (χ4n) is 3.29. The van der Waals surface area contributed by atoms with Gasteiger partial charge >= 0.3 is 0 Å². The molecule has 0 spiro atoms. The Hall–Kier alpha value is -2.93. The summed E-state index contributed by atoms with van der Waals surface area (Å²) in [5.74, 6) is -0.902. The summed E-state index contributed by atoms with van der Waals surface area (Å²) in [6.07, 6.45) is 1.55. The van der Waals surface area contributed by atoms with Crippen LogP contribution in [-0.4, -0.2) is 34.0 Å². The minimum Gasteiger partial charge on any atom is -0.508 e. The van der Waals surface area contributed by atoms with Crippen LogP contribution in [0, 0.1) is 0 Å². The Morgan fingerprint density at radius 3 is 2.77 bits per heavy atom. The van der Waals surface area contributed by atoms with Crippen LogP contribution in [0.5, 0.6) is 11.5 Å². The van der Waals surface area contributed by atoms with Crippen LogP contribution in [0.1, 0.15) is 10.4 Å². The molecule has 5 rings (SSSR count).